The van der Waals surface area contributed by atoms with Crippen molar-refractivity contribution >= 4 is 15.9 Å². The largest absolute Gasteiger partial charge is 0.494 e. The lowest BCUT2D eigenvalue weighted by Crippen LogP contribution is -2.41. The maximum absolute atomic E-state index is 12.3. The second-order valence-corrected chi connectivity index (χ2v) is 8.97. The number of hydrogen-bond acceptors (Lipinski definition) is 5. The van der Waals surface area contributed by atoms with Crippen LogP contribution in [0.25, 0.3) is 0 Å². The minimum absolute atomic E-state index is 0.0444. The number of amides is 1. The van der Waals surface area contributed by atoms with E-state index in [1.807, 2.05) is 25.5 Å². The Kier molecular flexibility index (Phi) is 7.80. The maximum atomic E-state index is 12.3. The quantitative estimate of drug-likeness (QED) is 0.573. The van der Waals surface area contributed by atoms with Crippen LogP contribution in [0, 0.1) is 19.8 Å². The second kappa shape index (κ2) is 9.89. The van der Waals surface area contributed by atoms with Crippen molar-refractivity contribution in [3.05, 3.63) is 41.2 Å². The molecule has 2 aromatic rings. The van der Waals surface area contributed by atoms with E-state index in [4.69, 9.17) is 4.74 Å². The Morgan fingerprint density at radius 3 is 2.45 bits per heavy atom. The summed E-state index contributed by atoms with van der Waals surface area (Å²) in [5.41, 5.74) is 5.23. The zero-order chi connectivity index (χ0) is 21.6. The number of carbonyl (C=O) groups is 1. The van der Waals surface area contributed by atoms with Crippen LogP contribution < -0.4 is 15.0 Å². The van der Waals surface area contributed by atoms with E-state index < -0.39 is 15.9 Å². The van der Waals surface area contributed by atoms with Gasteiger partial charge in [-0.3, -0.25) is 14.9 Å². The molecule has 0 aliphatic heterocycles. The molecule has 0 aliphatic carbocycles. The lowest BCUT2D eigenvalue weighted by atomic mass is 10.1. The lowest BCUT2D eigenvalue weighted by Gasteiger charge is -2.10. The predicted octanol–water partition coefficient (Wildman–Crippen LogP) is 2.50. The van der Waals surface area contributed by atoms with Gasteiger partial charge in [0.25, 0.3) is 10.0 Å². The molecule has 2 N–H and O–H groups in total. The minimum atomic E-state index is -3.85. The van der Waals surface area contributed by atoms with E-state index >= 15 is 0 Å². The summed E-state index contributed by atoms with van der Waals surface area (Å²) >= 11 is 0. The SMILES string of the molecule is CCOc1ccc(S(=O)(=O)NNC(=O)CCc2c(C)nn(CC(C)C)c2C)cc1. The molecule has 1 aromatic heterocycles. The van der Waals surface area contributed by atoms with Gasteiger partial charge >= 0.3 is 0 Å². The second-order valence-electron chi connectivity index (χ2n) is 7.28. The van der Waals surface area contributed by atoms with Crippen molar-refractivity contribution in [2.24, 2.45) is 5.92 Å². The number of ether oxygens (including phenoxy) is 1. The molecular weight excluding hydrogens is 392 g/mol. The van der Waals surface area contributed by atoms with Gasteiger partial charge in [-0.25, -0.2) is 8.42 Å². The summed E-state index contributed by atoms with van der Waals surface area (Å²) in [6, 6.07) is 5.99. The van der Waals surface area contributed by atoms with Crippen molar-refractivity contribution in [2.75, 3.05) is 6.61 Å². The van der Waals surface area contributed by atoms with Crippen molar-refractivity contribution in [3.63, 3.8) is 0 Å². The van der Waals surface area contributed by atoms with E-state index in [2.05, 4.69) is 29.2 Å². The first-order valence-electron chi connectivity index (χ1n) is 9.70. The Morgan fingerprint density at radius 2 is 1.86 bits per heavy atom. The van der Waals surface area contributed by atoms with E-state index in [1.54, 1.807) is 12.1 Å². The van der Waals surface area contributed by atoms with Crippen LogP contribution in [0.5, 0.6) is 5.75 Å². The topological polar surface area (TPSA) is 102 Å². The smallest absolute Gasteiger partial charge is 0.257 e. The van der Waals surface area contributed by atoms with Crippen molar-refractivity contribution < 1.29 is 17.9 Å². The van der Waals surface area contributed by atoms with Crippen LogP contribution in [0.3, 0.4) is 0 Å². The van der Waals surface area contributed by atoms with Gasteiger partial charge in [0.1, 0.15) is 5.75 Å². The first-order valence-corrected chi connectivity index (χ1v) is 11.2. The molecule has 0 spiro atoms. The molecule has 0 saturated carbocycles. The van der Waals surface area contributed by atoms with Gasteiger partial charge < -0.3 is 4.74 Å². The van der Waals surface area contributed by atoms with Crippen LogP contribution in [0.2, 0.25) is 0 Å². The van der Waals surface area contributed by atoms with Crippen LogP contribution in [-0.4, -0.2) is 30.7 Å². The van der Waals surface area contributed by atoms with Gasteiger partial charge in [-0.15, -0.1) is 4.83 Å². The highest BCUT2D eigenvalue weighted by Crippen LogP contribution is 2.17. The van der Waals surface area contributed by atoms with Crippen LogP contribution in [0.4, 0.5) is 0 Å². The van der Waals surface area contributed by atoms with Crippen LogP contribution in [0.15, 0.2) is 29.2 Å². The third-order valence-electron chi connectivity index (χ3n) is 4.44. The average molecular weight is 423 g/mol. The highest BCUT2D eigenvalue weighted by molar-refractivity contribution is 7.89. The summed E-state index contributed by atoms with van der Waals surface area (Å²) < 4.78 is 31.9. The Morgan fingerprint density at radius 1 is 1.21 bits per heavy atom. The molecule has 0 aliphatic rings. The lowest BCUT2D eigenvalue weighted by molar-refractivity contribution is -0.121. The maximum Gasteiger partial charge on any atom is 0.257 e. The Labute approximate surface area is 172 Å². The number of carbonyl (C=O) groups excluding carboxylic acids is 1. The highest BCUT2D eigenvalue weighted by atomic mass is 32.2. The molecule has 1 amide bonds. The van der Waals surface area contributed by atoms with E-state index in [9.17, 15) is 13.2 Å². The van der Waals surface area contributed by atoms with Crippen molar-refractivity contribution in [3.8, 4) is 5.75 Å². The fourth-order valence-corrected chi connectivity index (χ4v) is 3.85. The van der Waals surface area contributed by atoms with Crippen molar-refractivity contribution in [1.29, 1.82) is 0 Å². The van der Waals surface area contributed by atoms with Crippen molar-refractivity contribution in [1.82, 2.24) is 20.0 Å². The van der Waals surface area contributed by atoms with E-state index in [-0.39, 0.29) is 11.3 Å². The first-order chi connectivity index (χ1) is 13.6. The van der Waals surface area contributed by atoms with E-state index in [0.717, 1.165) is 23.5 Å². The Balaban J connectivity index is 1.92. The molecular formula is C20H30N4O4S. The molecule has 0 atom stereocenters. The molecule has 0 fully saturated rings. The number of aromatic nitrogens is 2. The molecule has 0 radical (unpaired) electrons. The monoisotopic (exact) mass is 422 g/mol. The molecule has 160 valence electrons. The molecule has 0 bridgehead atoms. The summed E-state index contributed by atoms with van der Waals surface area (Å²) in [7, 11) is -3.85. The molecule has 0 saturated heterocycles. The number of sulfonamides is 1. The Hall–Kier alpha value is -2.39. The number of nitrogens with zero attached hydrogens (tertiary/aromatic N) is 2. The van der Waals surface area contributed by atoms with Gasteiger partial charge in [0.15, 0.2) is 0 Å². The molecule has 1 heterocycles. The normalized spacial score (nSPS) is 11.7. The fourth-order valence-electron chi connectivity index (χ4n) is 2.99. The number of aryl methyl sites for hydroxylation is 1. The molecule has 9 heteroatoms. The number of nitrogens with one attached hydrogen (secondary N) is 2. The summed E-state index contributed by atoms with van der Waals surface area (Å²) in [5.74, 6) is 0.648. The molecule has 2 rings (SSSR count). The molecule has 1 aromatic carbocycles. The molecule has 8 nitrogen and oxygen atoms in total. The number of hydrogen-bond donors (Lipinski definition) is 2. The van der Waals surface area contributed by atoms with Gasteiger partial charge in [-0.1, -0.05) is 13.8 Å². The van der Waals surface area contributed by atoms with Crippen LogP contribution in [-0.2, 0) is 27.8 Å². The molecule has 0 unspecified atom stereocenters. The average Bonchev–Trinajstić information content (AvgIpc) is 2.91. The van der Waals surface area contributed by atoms with Gasteiger partial charge in [0.05, 0.1) is 17.2 Å². The van der Waals surface area contributed by atoms with Gasteiger partial charge in [0.2, 0.25) is 5.91 Å². The Bertz CT molecular complexity index is 934. The van der Waals surface area contributed by atoms with Gasteiger partial charge in [-0.2, -0.15) is 5.10 Å². The van der Waals surface area contributed by atoms with E-state index in [1.165, 1.54) is 12.1 Å². The summed E-state index contributed by atoms with van der Waals surface area (Å²) in [6.07, 6.45) is 0.646. The molecule has 29 heavy (non-hydrogen) atoms. The summed E-state index contributed by atoms with van der Waals surface area (Å²) in [5, 5.41) is 4.54. The van der Waals surface area contributed by atoms with E-state index in [0.29, 0.717) is 24.7 Å². The summed E-state index contributed by atoms with van der Waals surface area (Å²) in [4.78, 5) is 14.3. The van der Waals surface area contributed by atoms with Crippen LogP contribution >= 0.6 is 0 Å². The van der Waals surface area contributed by atoms with Crippen molar-refractivity contribution in [2.45, 2.75) is 58.9 Å². The summed E-state index contributed by atoms with van der Waals surface area (Å²) in [6.45, 7) is 11.3. The third-order valence-corrected chi connectivity index (χ3v) is 5.70. The standard InChI is InChI=1S/C20H30N4O4S/c1-6-28-17-7-9-18(10-8-17)29(26,27)23-21-20(25)12-11-19-15(4)22-24(16(19)5)13-14(2)3/h7-10,14,23H,6,11-13H2,1-5H3,(H,21,25). The first kappa shape index (κ1) is 22.9. The highest BCUT2D eigenvalue weighted by Gasteiger charge is 2.17. The number of benzene rings is 1. The van der Waals surface area contributed by atoms with Gasteiger partial charge in [-0.05, 0) is 62.9 Å². The zero-order valence-corrected chi connectivity index (χ0v) is 18.5. The van der Waals surface area contributed by atoms with Crippen LogP contribution in [0.1, 0.15) is 44.1 Å². The minimum Gasteiger partial charge on any atom is -0.494 e. The number of hydrazine groups is 1. The predicted molar refractivity (Wildman–Crippen MR) is 111 cm³/mol. The number of rotatable bonds is 10. The zero-order valence-electron chi connectivity index (χ0n) is 17.7. The van der Waals surface area contributed by atoms with Gasteiger partial charge in [0, 0.05) is 18.7 Å². The third kappa shape index (κ3) is 6.30. The fraction of sp³-hybridized carbons (Fsp3) is 0.500.